The van der Waals surface area contributed by atoms with E-state index in [1.807, 2.05) is 0 Å². The van der Waals surface area contributed by atoms with E-state index < -0.39 is 0 Å². The summed E-state index contributed by atoms with van der Waals surface area (Å²) in [4.78, 5) is 36.4. The highest BCUT2D eigenvalue weighted by molar-refractivity contribution is 8.14. The van der Waals surface area contributed by atoms with Crippen molar-refractivity contribution in [3.05, 3.63) is 65.5 Å². The minimum absolute atomic E-state index is 0.164. The monoisotopic (exact) mass is 372 g/mol. The Hall–Kier alpha value is -2.67. The standard InChI is InChI=1S/C19H17FN2O3S/c20-15-3-1-2-13(10-15)6-9-17(23)21-16-7-4-14(5-8-16)11-22-18(24)12-26-19(22)25/h1-5,7-8,10H,6,9,11-12H2,(H,21,23). The van der Waals surface area contributed by atoms with Crippen LogP contribution >= 0.6 is 11.8 Å². The second-order valence-electron chi connectivity index (χ2n) is 5.91. The molecule has 0 aliphatic carbocycles. The normalized spacial score (nSPS) is 14.0. The summed E-state index contributed by atoms with van der Waals surface area (Å²) in [6.45, 7) is 0.235. The van der Waals surface area contributed by atoms with Crippen LogP contribution in [-0.4, -0.2) is 27.7 Å². The lowest BCUT2D eigenvalue weighted by Crippen LogP contribution is -2.27. The maximum absolute atomic E-state index is 13.1. The highest BCUT2D eigenvalue weighted by atomic mass is 32.2. The molecule has 3 rings (SSSR count). The quantitative estimate of drug-likeness (QED) is 0.841. The molecule has 0 saturated carbocycles. The molecule has 0 spiro atoms. The number of thioether (sulfide) groups is 1. The van der Waals surface area contributed by atoms with Crippen LogP contribution in [0.15, 0.2) is 48.5 Å². The van der Waals surface area contributed by atoms with Crippen LogP contribution < -0.4 is 5.32 Å². The van der Waals surface area contributed by atoms with Gasteiger partial charge in [0.2, 0.25) is 11.8 Å². The third-order valence-corrected chi connectivity index (χ3v) is 4.81. The lowest BCUT2D eigenvalue weighted by Gasteiger charge is -2.13. The SMILES string of the molecule is O=C(CCc1cccc(F)c1)Nc1ccc(CN2C(=O)CSC2=O)cc1. The minimum Gasteiger partial charge on any atom is -0.326 e. The van der Waals surface area contributed by atoms with Gasteiger partial charge in [-0.05, 0) is 41.8 Å². The Morgan fingerprint density at radius 1 is 1.12 bits per heavy atom. The van der Waals surface area contributed by atoms with Crippen molar-refractivity contribution in [2.24, 2.45) is 0 Å². The van der Waals surface area contributed by atoms with Crippen LogP contribution in [0, 0.1) is 5.82 Å². The lowest BCUT2D eigenvalue weighted by atomic mass is 10.1. The van der Waals surface area contributed by atoms with Crippen LogP contribution in [0.1, 0.15) is 17.5 Å². The van der Waals surface area contributed by atoms with E-state index in [1.165, 1.54) is 17.0 Å². The molecule has 0 bridgehead atoms. The topological polar surface area (TPSA) is 66.5 Å². The van der Waals surface area contributed by atoms with E-state index in [-0.39, 0.29) is 41.6 Å². The van der Waals surface area contributed by atoms with Crippen molar-refractivity contribution in [2.45, 2.75) is 19.4 Å². The molecule has 2 aromatic rings. The smallest absolute Gasteiger partial charge is 0.289 e. The largest absolute Gasteiger partial charge is 0.326 e. The van der Waals surface area contributed by atoms with Crippen LogP contribution in [0.5, 0.6) is 0 Å². The Morgan fingerprint density at radius 2 is 1.88 bits per heavy atom. The predicted octanol–water partition coefficient (Wildman–Crippen LogP) is 3.59. The van der Waals surface area contributed by atoms with Crippen LogP contribution in [-0.2, 0) is 22.6 Å². The summed E-state index contributed by atoms with van der Waals surface area (Å²) in [6.07, 6.45) is 0.706. The fraction of sp³-hybridized carbons (Fsp3) is 0.211. The van der Waals surface area contributed by atoms with Gasteiger partial charge in [0, 0.05) is 12.1 Å². The Balaban J connectivity index is 1.51. The van der Waals surface area contributed by atoms with E-state index in [1.54, 1.807) is 36.4 Å². The highest BCUT2D eigenvalue weighted by Gasteiger charge is 2.29. The van der Waals surface area contributed by atoms with Crippen molar-refractivity contribution in [3.63, 3.8) is 0 Å². The molecule has 0 atom stereocenters. The molecule has 3 amide bonds. The van der Waals surface area contributed by atoms with Crippen molar-refractivity contribution < 1.29 is 18.8 Å². The average molecular weight is 372 g/mol. The second kappa shape index (κ2) is 8.14. The van der Waals surface area contributed by atoms with Gasteiger partial charge in [-0.3, -0.25) is 19.3 Å². The van der Waals surface area contributed by atoms with E-state index in [9.17, 15) is 18.8 Å². The van der Waals surface area contributed by atoms with E-state index in [0.717, 1.165) is 22.9 Å². The maximum Gasteiger partial charge on any atom is 0.289 e. The number of hydrogen-bond acceptors (Lipinski definition) is 4. The first kappa shape index (κ1) is 18.1. The maximum atomic E-state index is 13.1. The van der Waals surface area contributed by atoms with Gasteiger partial charge in [0.1, 0.15) is 5.82 Å². The third-order valence-electron chi connectivity index (χ3n) is 3.95. The number of nitrogens with one attached hydrogen (secondary N) is 1. The fourth-order valence-electron chi connectivity index (χ4n) is 2.58. The molecule has 0 aromatic heterocycles. The second-order valence-corrected chi connectivity index (χ2v) is 6.84. The summed E-state index contributed by atoms with van der Waals surface area (Å²) in [5.74, 6) is -0.469. The lowest BCUT2D eigenvalue weighted by molar-refractivity contribution is -0.125. The molecule has 1 aliphatic rings. The molecule has 1 N–H and O–H groups in total. The van der Waals surface area contributed by atoms with Gasteiger partial charge < -0.3 is 5.32 Å². The van der Waals surface area contributed by atoms with Crippen LogP contribution in [0.25, 0.3) is 0 Å². The summed E-state index contributed by atoms with van der Waals surface area (Å²) in [5, 5.41) is 2.55. The van der Waals surface area contributed by atoms with Gasteiger partial charge >= 0.3 is 0 Å². The summed E-state index contributed by atoms with van der Waals surface area (Å²) < 4.78 is 13.1. The fourth-order valence-corrected chi connectivity index (χ4v) is 3.31. The number of carbonyl (C=O) groups is 3. The van der Waals surface area contributed by atoms with Crippen LogP contribution in [0.3, 0.4) is 0 Å². The first-order valence-corrected chi connectivity index (χ1v) is 9.10. The molecular weight excluding hydrogens is 355 g/mol. The number of imide groups is 1. The summed E-state index contributed by atoms with van der Waals surface area (Å²) in [7, 11) is 0. The zero-order chi connectivity index (χ0) is 18.5. The Labute approximate surface area is 154 Å². The third kappa shape index (κ3) is 4.70. The number of benzene rings is 2. The first-order chi connectivity index (χ1) is 12.5. The van der Waals surface area contributed by atoms with Gasteiger partial charge in [-0.2, -0.15) is 0 Å². The number of hydrogen-bond donors (Lipinski definition) is 1. The summed E-state index contributed by atoms with van der Waals surface area (Å²) in [6, 6.07) is 13.2. The van der Waals surface area contributed by atoms with Crippen molar-refractivity contribution >= 4 is 34.5 Å². The first-order valence-electron chi connectivity index (χ1n) is 8.11. The van der Waals surface area contributed by atoms with Gasteiger partial charge in [0.25, 0.3) is 5.24 Å². The Morgan fingerprint density at radius 3 is 2.54 bits per heavy atom. The molecule has 0 unspecified atom stereocenters. The molecule has 0 radical (unpaired) electrons. The summed E-state index contributed by atoms with van der Waals surface area (Å²) >= 11 is 1.01. The Kier molecular flexibility index (Phi) is 5.68. The number of carbonyl (C=O) groups excluding carboxylic acids is 3. The van der Waals surface area contributed by atoms with Crippen molar-refractivity contribution in [1.29, 1.82) is 0 Å². The molecule has 1 heterocycles. The zero-order valence-corrected chi connectivity index (χ0v) is 14.7. The number of nitrogens with zero attached hydrogens (tertiary/aromatic N) is 1. The van der Waals surface area contributed by atoms with E-state index in [4.69, 9.17) is 0 Å². The summed E-state index contributed by atoms with van der Waals surface area (Å²) in [5.41, 5.74) is 2.21. The average Bonchev–Trinajstić information content (AvgIpc) is 2.94. The minimum atomic E-state index is -0.313. The number of anilines is 1. The number of halogens is 1. The highest BCUT2D eigenvalue weighted by Crippen LogP contribution is 2.22. The van der Waals surface area contributed by atoms with Crippen molar-refractivity contribution in [1.82, 2.24) is 4.90 Å². The molecule has 5 nitrogen and oxygen atoms in total. The van der Waals surface area contributed by atoms with Gasteiger partial charge in [0.15, 0.2) is 0 Å². The number of amides is 3. The molecular formula is C19H17FN2O3S. The molecule has 1 fully saturated rings. The molecule has 2 aromatic carbocycles. The van der Waals surface area contributed by atoms with Gasteiger partial charge in [-0.15, -0.1) is 0 Å². The van der Waals surface area contributed by atoms with Crippen LogP contribution in [0.4, 0.5) is 14.9 Å². The van der Waals surface area contributed by atoms with E-state index in [0.29, 0.717) is 12.1 Å². The molecule has 7 heteroatoms. The van der Waals surface area contributed by atoms with Gasteiger partial charge in [0.05, 0.1) is 12.3 Å². The van der Waals surface area contributed by atoms with E-state index in [2.05, 4.69) is 5.32 Å². The van der Waals surface area contributed by atoms with Gasteiger partial charge in [-0.1, -0.05) is 36.0 Å². The zero-order valence-electron chi connectivity index (χ0n) is 13.9. The van der Waals surface area contributed by atoms with Crippen LogP contribution in [0.2, 0.25) is 0 Å². The molecule has 134 valence electrons. The molecule has 26 heavy (non-hydrogen) atoms. The van der Waals surface area contributed by atoms with Gasteiger partial charge in [-0.25, -0.2) is 4.39 Å². The van der Waals surface area contributed by atoms with Crippen molar-refractivity contribution in [3.8, 4) is 0 Å². The molecule has 1 saturated heterocycles. The number of rotatable bonds is 6. The number of aryl methyl sites for hydroxylation is 1. The van der Waals surface area contributed by atoms with Crippen molar-refractivity contribution in [2.75, 3.05) is 11.1 Å². The Bertz CT molecular complexity index is 823. The van der Waals surface area contributed by atoms with E-state index >= 15 is 0 Å². The predicted molar refractivity (Wildman–Crippen MR) is 98.2 cm³/mol. The molecule has 1 aliphatic heterocycles.